The molecule has 0 aromatic heterocycles. The fourth-order valence-electron chi connectivity index (χ4n) is 3.44. The van der Waals surface area contributed by atoms with E-state index in [9.17, 15) is 10.5 Å². The van der Waals surface area contributed by atoms with Gasteiger partial charge in [0.1, 0.15) is 29.2 Å². The van der Waals surface area contributed by atoms with Gasteiger partial charge in [0, 0.05) is 11.6 Å². The van der Waals surface area contributed by atoms with Crippen LogP contribution in [0.25, 0.3) is 6.08 Å². The topological polar surface area (TPSA) is 66.0 Å². The van der Waals surface area contributed by atoms with Gasteiger partial charge in [0.05, 0.1) is 18.8 Å². The number of nitriles is 2. The Hall–Kier alpha value is -2.46. The Kier molecular flexibility index (Phi) is 13.9. The van der Waals surface area contributed by atoms with E-state index in [0.29, 0.717) is 41.4 Å². The van der Waals surface area contributed by atoms with Crippen molar-refractivity contribution in [2.24, 2.45) is 0 Å². The summed E-state index contributed by atoms with van der Waals surface area (Å²) in [6.07, 6.45) is 15.6. The monoisotopic (exact) mass is 410 g/mol. The second-order valence-corrected chi connectivity index (χ2v) is 7.70. The molecule has 1 aromatic rings. The maximum Gasteiger partial charge on any atom is 0.145 e. The molecule has 1 aromatic carbocycles. The smallest absolute Gasteiger partial charge is 0.145 e. The molecule has 0 bridgehead atoms. The van der Waals surface area contributed by atoms with E-state index >= 15 is 0 Å². The summed E-state index contributed by atoms with van der Waals surface area (Å²) in [4.78, 5) is 0. The van der Waals surface area contributed by atoms with Crippen molar-refractivity contribution in [1.82, 2.24) is 0 Å². The highest BCUT2D eigenvalue weighted by atomic mass is 16.5. The fourth-order valence-corrected chi connectivity index (χ4v) is 3.44. The third kappa shape index (κ3) is 8.91. The van der Waals surface area contributed by atoms with Crippen molar-refractivity contribution >= 4 is 6.08 Å². The van der Waals surface area contributed by atoms with Crippen LogP contribution in [0.3, 0.4) is 0 Å². The lowest BCUT2D eigenvalue weighted by Gasteiger charge is -2.16. The molecule has 164 valence electrons. The quantitative estimate of drug-likeness (QED) is 0.249. The maximum atomic E-state index is 9.69. The van der Waals surface area contributed by atoms with Crippen LogP contribution in [-0.4, -0.2) is 13.2 Å². The highest BCUT2D eigenvalue weighted by Gasteiger charge is 2.18. The zero-order valence-corrected chi connectivity index (χ0v) is 19.0. The molecule has 0 fully saturated rings. The molecule has 4 heteroatoms. The van der Waals surface area contributed by atoms with Gasteiger partial charge in [-0.1, -0.05) is 90.7 Å². The van der Waals surface area contributed by atoms with E-state index in [-0.39, 0.29) is 0 Å². The number of nitrogens with zero attached hydrogens (tertiary/aromatic N) is 2. The van der Waals surface area contributed by atoms with Gasteiger partial charge in [-0.05, 0) is 12.8 Å². The van der Waals surface area contributed by atoms with Gasteiger partial charge in [-0.3, -0.25) is 0 Å². The first-order chi connectivity index (χ1) is 14.7. The first kappa shape index (κ1) is 25.6. The molecule has 0 N–H and O–H groups in total. The second-order valence-electron chi connectivity index (χ2n) is 7.70. The minimum Gasteiger partial charge on any atom is -0.492 e. The highest BCUT2D eigenvalue weighted by molar-refractivity contribution is 5.72. The standard InChI is InChI=1S/C26H38N2O2/c1-4-7-9-11-13-15-17-29-25-19-22(20-27)26(23(6-3)24(25)21-28)30-18-16-14-12-10-8-5-2/h6,19H,3-5,7-18H2,1-2H3. The summed E-state index contributed by atoms with van der Waals surface area (Å²) in [6, 6.07) is 6.05. The minimum absolute atomic E-state index is 0.396. The summed E-state index contributed by atoms with van der Waals surface area (Å²) < 4.78 is 11.8. The van der Waals surface area contributed by atoms with Gasteiger partial charge in [0.25, 0.3) is 0 Å². The van der Waals surface area contributed by atoms with Crippen LogP contribution in [0, 0.1) is 22.7 Å². The molecule has 0 spiro atoms. The molecule has 0 amide bonds. The Balaban J connectivity index is 2.73. The summed E-state index contributed by atoms with van der Waals surface area (Å²) in [5, 5.41) is 19.3. The zero-order chi connectivity index (χ0) is 22.0. The lowest BCUT2D eigenvalue weighted by molar-refractivity contribution is 0.294. The summed E-state index contributed by atoms with van der Waals surface area (Å²) >= 11 is 0. The predicted molar refractivity (Wildman–Crippen MR) is 124 cm³/mol. The molecule has 0 saturated carbocycles. The Morgan fingerprint density at radius 3 is 1.83 bits per heavy atom. The molecule has 0 saturated heterocycles. The van der Waals surface area contributed by atoms with Gasteiger partial charge in [-0.2, -0.15) is 10.5 Å². The van der Waals surface area contributed by atoms with Gasteiger partial charge < -0.3 is 9.47 Å². The number of hydrogen-bond donors (Lipinski definition) is 0. The van der Waals surface area contributed by atoms with Crippen LogP contribution in [0.1, 0.15) is 108 Å². The third-order valence-electron chi connectivity index (χ3n) is 5.22. The van der Waals surface area contributed by atoms with Gasteiger partial charge in [0.2, 0.25) is 0 Å². The third-order valence-corrected chi connectivity index (χ3v) is 5.22. The molecule has 0 atom stereocenters. The Bertz CT molecular complexity index is 713. The first-order valence-electron chi connectivity index (χ1n) is 11.6. The van der Waals surface area contributed by atoms with Crippen molar-refractivity contribution in [3.63, 3.8) is 0 Å². The summed E-state index contributed by atoms with van der Waals surface area (Å²) in [5.74, 6) is 0.897. The van der Waals surface area contributed by atoms with Gasteiger partial charge in [-0.15, -0.1) is 0 Å². The molecule has 0 aliphatic rings. The zero-order valence-electron chi connectivity index (χ0n) is 19.0. The van der Waals surface area contributed by atoms with Crippen LogP contribution in [0.15, 0.2) is 12.6 Å². The van der Waals surface area contributed by atoms with Gasteiger partial charge >= 0.3 is 0 Å². The average Bonchev–Trinajstić information content (AvgIpc) is 2.77. The van der Waals surface area contributed by atoms with E-state index in [1.165, 1.54) is 51.4 Å². The molecule has 0 unspecified atom stereocenters. The lowest BCUT2D eigenvalue weighted by Crippen LogP contribution is -2.06. The van der Waals surface area contributed by atoms with Crippen molar-refractivity contribution in [1.29, 1.82) is 10.5 Å². The van der Waals surface area contributed by atoms with E-state index < -0.39 is 0 Å². The maximum absolute atomic E-state index is 9.69. The van der Waals surface area contributed by atoms with Gasteiger partial charge in [-0.25, -0.2) is 0 Å². The number of benzene rings is 1. The molecule has 0 heterocycles. The Labute approximate surface area is 183 Å². The number of ether oxygens (including phenoxy) is 2. The predicted octanol–water partition coefficient (Wildman–Crippen LogP) is 7.55. The van der Waals surface area contributed by atoms with Crippen molar-refractivity contribution in [3.8, 4) is 23.6 Å². The summed E-state index contributed by atoms with van der Waals surface area (Å²) in [7, 11) is 0. The van der Waals surface area contributed by atoms with Crippen LogP contribution < -0.4 is 9.47 Å². The van der Waals surface area contributed by atoms with Crippen LogP contribution in [0.4, 0.5) is 0 Å². The Morgan fingerprint density at radius 2 is 1.33 bits per heavy atom. The second kappa shape index (κ2) is 16.3. The van der Waals surface area contributed by atoms with E-state index in [2.05, 4.69) is 32.6 Å². The van der Waals surface area contributed by atoms with E-state index in [1.807, 2.05) is 0 Å². The lowest BCUT2D eigenvalue weighted by atomic mass is 10.0. The normalized spacial score (nSPS) is 10.3. The number of unbranched alkanes of at least 4 members (excludes halogenated alkanes) is 10. The van der Waals surface area contributed by atoms with Crippen molar-refractivity contribution in [2.75, 3.05) is 13.2 Å². The van der Waals surface area contributed by atoms with Crippen LogP contribution in [-0.2, 0) is 0 Å². The molecular weight excluding hydrogens is 372 g/mol. The summed E-state index contributed by atoms with van der Waals surface area (Å²) in [6.45, 7) is 9.32. The molecular formula is C26H38N2O2. The van der Waals surface area contributed by atoms with Crippen LogP contribution in [0.5, 0.6) is 11.5 Å². The number of hydrogen-bond acceptors (Lipinski definition) is 4. The molecule has 0 aliphatic heterocycles. The van der Waals surface area contributed by atoms with E-state index in [1.54, 1.807) is 12.1 Å². The fraction of sp³-hybridized carbons (Fsp3) is 0.615. The van der Waals surface area contributed by atoms with Crippen molar-refractivity contribution in [2.45, 2.75) is 90.9 Å². The Morgan fingerprint density at radius 1 is 0.800 bits per heavy atom. The SMILES string of the molecule is C=Cc1c(C#N)c(OCCCCCCCC)cc(C#N)c1OCCCCCCCC. The van der Waals surface area contributed by atoms with Gasteiger partial charge in [0.15, 0.2) is 0 Å². The molecule has 30 heavy (non-hydrogen) atoms. The largest absolute Gasteiger partial charge is 0.492 e. The molecule has 0 radical (unpaired) electrons. The van der Waals surface area contributed by atoms with Crippen molar-refractivity contribution < 1.29 is 9.47 Å². The molecule has 0 aliphatic carbocycles. The molecule has 1 rings (SSSR count). The van der Waals surface area contributed by atoms with Crippen molar-refractivity contribution in [3.05, 3.63) is 29.3 Å². The summed E-state index contributed by atoms with van der Waals surface area (Å²) in [5.41, 5.74) is 1.35. The average molecular weight is 411 g/mol. The highest BCUT2D eigenvalue weighted by Crippen LogP contribution is 2.35. The van der Waals surface area contributed by atoms with E-state index in [4.69, 9.17) is 9.47 Å². The first-order valence-corrected chi connectivity index (χ1v) is 11.6. The van der Waals surface area contributed by atoms with Crippen LogP contribution >= 0.6 is 0 Å². The van der Waals surface area contributed by atoms with E-state index in [0.717, 1.165) is 25.7 Å². The van der Waals surface area contributed by atoms with Crippen LogP contribution in [0.2, 0.25) is 0 Å². The molecule has 4 nitrogen and oxygen atoms in total. The minimum atomic E-state index is 0.396. The number of rotatable bonds is 17.